The lowest BCUT2D eigenvalue weighted by Gasteiger charge is -2.31. The Bertz CT molecular complexity index is 1400. The molecule has 2 fully saturated rings. The van der Waals surface area contributed by atoms with Crippen molar-refractivity contribution in [2.24, 2.45) is 11.8 Å². The molecule has 12 heteroatoms. The smallest absolute Gasteiger partial charge is 0.407 e. The van der Waals surface area contributed by atoms with Gasteiger partial charge in [-0.05, 0) is 42.5 Å². The van der Waals surface area contributed by atoms with Crippen LogP contribution in [0.5, 0.6) is 0 Å². The van der Waals surface area contributed by atoms with Gasteiger partial charge in [0.25, 0.3) is 0 Å². The number of benzene rings is 2. The van der Waals surface area contributed by atoms with E-state index in [1.54, 1.807) is 6.07 Å². The standard InChI is InChI=1S/C28H35N3O8S/c1-18(2)15-31(40(34,35)21-8-9-25-20(13-21)14-29-39-25)16-24(32)23(12-19-6-4-3-5-7-19)30-28(33)38-26-17-37-27-22(26)10-11-36-27/h3-9,13-14,18,22-24,26-27,32H,10-12,15-17H2,1-2H3,(H,30,33)/t22?,23-,24+,26?,27?/m0/s1. The largest absolute Gasteiger partial charge is 0.443 e. The normalized spacial score (nSPS) is 22.5. The predicted octanol–water partition coefficient (Wildman–Crippen LogP) is 2.93. The highest BCUT2D eigenvalue weighted by Gasteiger charge is 2.44. The Morgan fingerprint density at radius 2 is 1.98 bits per heavy atom. The van der Waals surface area contributed by atoms with Gasteiger partial charge in [-0.2, -0.15) is 4.31 Å². The van der Waals surface area contributed by atoms with Gasteiger partial charge in [0, 0.05) is 18.5 Å². The number of alkyl carbamates (subject to hydrolysis) is 1. The summed E-state index contributed by atoms with van der Waals surface area (Å²) >= 11 is 0. The van der Waals surface area contributed by atoms with Crippen LogP contribution >= 0.6 is 0 Å². The first kappa shape index (κ1) is 28.5. The number of ether oxygens (including phenoxy) is 3. The van der Waals surface area contributed by atoms with E-state index in [1.807, 2.05) is 44.2 Å². The second-order valence-corrected chi connectivity index (χ2v) is 12.7. The highest BCUT2D eigenvalue weighted by Crippen LogP contribution is 2.33. The van der Waals surface area contributed by atoms with Crippen LogP contribution in [0.25, 0.3) is 11.0 Å². The highest BCUT2D eigenvalue weighted by molar-refractivity contribution is 7.89. The van der Waals surface area contributed by atoms with E-state index < -0.39 is 34.4 Å². The second kappa shape index (κ2) is 12.2. The molecule has 0 spiro atoms. The number of amides is 1. The van der Waals surface area contributed by atoms with Crippen molar-refractivity contribution in [1.29, 1.82) is 0 Å². The van der Waals surface area contributed by atoms with Gasteiger partial charge < -0.3 is 29.2 Å². The van der Waals surface area contributed by atoms with E-state index in [0.717, 1.165) is 12.0 Å². The molecule has 5 atom stereocenters. The average Bonchev–Trinajstić information content (AvgIpc) is 3.66. The molecule has 0 aliphatic carbocycles. The zero-order chi connectivity index (χ0) is 28.3. The number of hydrogen-bond donors (Lipinski definition) is 2. The van der Waals surface area contributed by atoms with Crippen LogP contribution in [0.1, 0.15) is 25.8 Å². The fraction of sp³-hybridized carbons (Fsp3) is 0.500. The Hall–Kier alpha value is -3.03. The molecule has 2 aromatic carbocycles. The van der Waals surface area contributed by atoms with Gasteiger partial charge in [0.2, 0.25) is 10.0 Å². The zero-order valence-electron chi connectivity index (χ0n) is 22.5. The Balaban J connectivity index is 1.34. The Morgan fingerprint density at radius 3 is 2.75 bits per heavy atom. The maximum absolute atomic E-state index is 13.7. The molecule has 0 saturated carbocycles. The third kappa shape index (κ3) is 6.47. The van der Waals surface area contributed by atoms with E-state index in [4.69, 9.17) is 18.7 Å². The number of aromatic nitrogens is 1. The molecule has 40 heavy (non-hydrogen) atoms. The molecule has 2 aliphatic heterocycles. The summed E-state index contributed by atoms with van der Waals surface area (Å²) in [7, 11) is -3.99. The minimum absolute atomic E-state index is 0.0178. The molecule has 0 bridgehead atoms. The topological polar surface area (TPSA) is 140 Å². The van der Waals surface area contributed by atoms with E-state index in [0.29, 0.717) is 17.6 Å². The molecule has 1 aromatic heterocycles. The molecular weight excluding hydrogens is 538 g/mol. The van der Waals surface area contributed by atoms with Gasteiger partial charge in [-0.25, -0.2) is 13.2 Å². The number of fused-ring (bicyclic) bond motifs is 2. The number of sulfonamides is 1. The van der Waals surface area contributed by atoms with Crippen LogP contribution < -0.4 is 5.32 Å². The number of nitrogens with one attached hydrogen (secondary N) is 1. The van der Waals surface area contributed by atoms with E-state index >= 15 is 0 Å². The van der Waals surface area contributed by atoms with Crippen LogP contribution in [0.3, 0.4) is 0 Å². The summed E-state index contributed by atoms with van der Waals surface area (Å²) in [6, 6.07) is 13.1. The molecule has 1 amide bonds. The number of rotatable bonds is 11. The number of hydrogen-bond acceptors (Lipinski definition) is 9. The highest BCUT2D eigenvalue weighted by atomic mass is 32.2. The van der Waals surface area contributed by atoms with Gasteiger partial charge in [-0.3, -0.25) is 0 Å². The predicted molar refractivity (Wildman–Crippen MR) is 145 cm³/mol. The molecule has 3 heterocycles. The first-order valence-electron chi connectivity index (χ1n) is 13.5. The van der Waals surface area contributed by atoms with Crippen LogP contribution in [-0.4, -0.2) is 79.9 Å². The quantitative estimate of drug-likeness (QED) is 0.354. The van der Waals surface area contributed by atoms with Crippen molar-refractivity contribution in [2.75, 3.05) is 26.3 Å². The van der Waals surface area contributed by atoms with Crippen molar-refractivity contribution in [3.8, 4) is 0 Å². The summed E-state index contributed by atoms with van der Waals surface area (Å²) in [5.41, 5.74) is 1.35. The van der Waals surface area contributed by atoms with E-state index in [-0.39, 0.29) is 49.1 Å². The average molecular weight is 574 g/mol. The minimum atomic E-state index is -3.99. The first-order chi connectivity index (χ1) is 19.2. The fourth-order valence-corrected chi connectivity index (χ4v) is 6.85. The van der Waals surface area contributed by atoms with E-state index in [1.165, 1.54) is 22.6 Å². The van der Waals surface area contributed by atoms with Gasteiger partial charge in [-0.15, -0.1) is 0 Å². The van der Waals surface area contributed by atoms with Crippen LogP contribution in [0.15, 0.2) is 64.1 Å². The summed E-state index contributed by atoms with van der Waals surface area (Å²) in [5.74, 6) is -0.0478. The third-order valence-electron chi connectivity index (χ3n) is 7.23. The number of nitrogens with zero attached hydrogens (tertiary/aromatic N) is 2. The SMILES string of the molecule is CC(C)CN(C[C@@H](O)[C@H](Cc1ccccc1)NC(=O)OC1COC2OCCC12)S(=O)(=O)c1ccc2oncc2c1. The van der Waals surface area contributed by atoms with Gasteiger partial charge in [-0.1, -0.05) is 49.3 Å². The van der Waals surface area contributed by atoms with E-state index in [2.05, 4.69) is 10.5 Å². The second-order valence-electron chi connectivity index (χ2n) is 10.7. The lowest BCUT2D eigenvalue weighted by atomic mass is 10.0. The zero-order valence-corrected chi connectivity index (χ0v) is 23.3. The van der Waals surface area contributed by atoms with Crippen LogP contribution in [0.2, 0.25) is 0 Å². The molecule has 0 radical (unpaired) electrons. The molecule has 3 unspecified atom stereocenters. The molecule has 5 rings (SSSR count). The van der Waals surface area contributed by atoms with Crippen molar-refractivity contribution < 1.29 is 37.1 Å². The van der Waals surface area contributed by atoms with Gasteiger partial charge in [0.15, 0.2) is 11.9 Å². The number of carbonyl (C=O) groups is 1. The lowest BCUT2D eigenvalue weighted by Crippen LogP contribution is -2.51. The summed E-state index contributed by atoms with van der Waals surface area (Å²) < 4.78 is 50.6. The summed E-state index contributed by atoms with van der Waals surface area (Å²) in [6.45, 7) is 4.54. The van der Waals surface area contributed by atoms with Crippen molar-refractivity contribution in [1.82, 2.24) is 14.8 Å². The Kier molecular flexibility index (Phi) is 8.71. The molecule has 2 aliphatic rings. The Labute approximate surface area is 233 Å². The van der Waals surface area contributed by atoms with Gasteiger partial charge >= 0.3 is 6.09 Å². The molecule has 11 nitrogen and oxygen atoms in total. The molecule has 216 valence electrons. The van der Waals surface area contributed by atoms with Gasteiger partial charge in [0.05, 0.1) is 42.4 Å². The van der Waals surface area contributed by atoms with Gasteiger partial charge in [0.1, 0.15) is 6.10 Å². The van der Waals surface area contributed by atoms with Crippen molar-refractivity contribution in [3.05, 3.63) is 60.3 Å². The summed E-state index contributed by atoms with van der Waals surface area (Å²) in [6.07, 6.45) is -0.281. The van der Waals surface area contributed by atoms with E-state index in [9.17, 15) is 18.3 Å². The van der Waals surface area contributed by atoms with Crippen LogP contribution in [-0.2, 0) is 30.7 Å². The molecule has 2 saturated heterocycles. The van der Waals surface area contributed by atoms with Crippen molar-refractivity contribution in [2.45, 2.75) is 56.1 Å². The molecule has 2 N–H and O–H groups in total. The minimum Gasteiger partial charge on any atom is -0.443 e. The number of aliphatic hydroxyl groups is 1. The van der Waals surface area contributed by atoms with Crippen LogP contribution in [0, 0.1) is 11.8 Å². The molecular formula is C28H35N3O8S. The Morgan fingerprint density at radius 1 is 1.18 bits per heavy atom. The molecule has 3 aromatic rings. The fourth-order valence-electron chi connectivity index (χ4n) is 5.20. The van der Waals surface area contributed by atoms with Crippen LogP contribution in [0.4, 0.5) is 4.79 Å². The summed E-state index contributed by atoms with van der Waals surface area (Å²) in [5, 5.41) is 18.5. The number of aliphatic hydroxyl groups excluding tert-OH is 1. The number of carbonyl (C=O) groups excluding carboxylic acids is 1. The summed E-state index contributed by atoms with van der Waals surface area (Å²) in [4.78, 5) is 13.1. The maximum atomic E-state index is 13.7. The monoisotopic (exact) mass is 573 g/mol. The maximum Gasteiger partial charge on any atom is 0.407 e. The first-order valence-corrected chi connectivity index (χ1v) is 14.9. The van der Waals surface area contributed by atoms with Crippen molar-refractivity contribution >= 4 is 27.1 Å². The third-order valence-corrected chi connectivity index (χ3v) is 9.06. The lowest BCUT2D eigenvalue weighted by molar-refractivity contribution is -0.0907. The van der Waals surface area contributed by atoms with Crippen molar-refractivity contribution in [3.63, 3.8) is 0 Å².